The molecule has 1 aliphatic rings. The molecule has 5 nitrogen and oxygen atoms in total. The molecule has 1 amide bonds. The molecule has 1 N–H and O–H groups in total. The van der Waals surface area contributed by atoms with E-state index in [0.717, 1.165) is 5.69 Å². The summed E-state index contributed by atoms with van der Waals surface area (Å²) in [5.41, 5.74) is 1.15. The summed E-state index contributed by atoms with van der Waals surface area (Å²) in [6.07, 6.45) is 4.08. The number of halogens is 1. The Kier molecular flexibility index (Phi) is 3.28. The quantitative estimate of drug-likeness (QED) is 0.942. The summed E-state index contributed by atoms with van der Waals surface area (Å²) >= 11 is 7.58. The summed E-state index contributed by atoms with van der Waals surface area (Å²) in [7, 11) is 1.73. The second kappa shape index (κ2) is 4.94. The lowest BCUT2D eigenvalue weighted by atomic mass is 10.4. The van der Waals surface area contributed by atoms with Crippen LogP contribution in [0.3, 0.4) is 0 Å². The Bertz CT molecular complexity index is 617. The highest BCUT2D eigenvalue weighted by molar-refractivity contribution is 7.09. The number of aryl methyl sites for hydroxylation is 1. The van der Waals surface area contributed by atoms with Crippen molar-refractivity contribution >= 4 is 28.8 Å². The number of nitrogens with one attached hydrogen (secondary N) is 1. The van der Waals surface area contributed by atoms with Gasteiger partial charge in [0.05, 0.1) is 22.3 Å². The van der Waals surface area contributed by atoms with E-state index in [1.165, 1.54) is 22.5 Å². The summed E-state index contributed by atoms with van der Waals surface area (Å²) in [6.45, 7) is 0.412. The second-order valence-electron chi connectivity index (χ2n) is 4.63. The van der Waals surface area contributed by atoms with E-state index in [0.29, 0.717) is 17.5 Å². The van der Waals surface area contributed by atoms with Crippen LogP contribution in [0.2, 0.25) is 5.02 Å². The Balaban J connectivity index is 1.61. The number of hydrogen-bond donors (Lipinski definition) is 1. The maximum Gasteiger partial charge on any atom is 0.273 e. The molecular weight excluding hydrogens is 284 g/mol. The molecule has 2 heterocycles. The van der Waals surface area contributed by atoms with Crippen molar-refractivity contribution in [3.8, 4) is 0 Å². The Morgan fingerprint density at radius 3 is 3.05 bits per heavy atom. The highest BCUT2D eigenvalue weighted by Crippen LogP contribution is 2.41. The summed E-state index contributed by atoms with van der Waals surface area (Å²) in [6, 6.07) is 0. The molecule has 100 valence electrons. The molecule has 1 aliphatic carbocycles. The van der Waals surface area contributed by atoms with Crippen LogP contribution in [-0.2, 0) is 13.6 Å². The van der Waals surface area contributed by atoms with Gasteiger partial charge in [-0.1, -0.05) is 11.6 Å². The van der Waals surface area contributed by atoms with Crippen LogP contribution in [0.1, 0.15) is 39.9 Å². The van der Waals surface area contributed by atoms with Crippen molar-refractivity contribution in [2.75, 3.05) is 0 Å². The molecule has 1 fully saturated rings. The number of hydrogen-bond acceptors (Lipinski definition) is 4. The number of carbonyl (C=O) groups excluding carboxylic acids is 1. The number of thiazole rings is 1. The van der Waals surface area contributed by atoms with Crippen LogP contribution < -0.4 is 5.32 Å². The average molecular weight is 297 g/mol. The van der Waals surface area contributed by atoms with E-state index in [4.69, 9.17) is 11.6 Å². The van der Waals surface area contributed by atoms with Crippen LogP contribution in [-0.4, -0.2) is 20.7 Å². The maximum absolute atomic E-state index is 11.9. The summed E-state index contributed by atoms with van der Waals surface area (Å²) < 4.78 is 1.52. The van der Waals surface area contributed by atoms with Crippen molar-refractivity contribution in [1.82, 2.24) is 20.1 Å². The van der Waals surface area contributed by atoms with Crippen LogP contribution in [0, 0.1) is 0 Å². The largest absolute Gasteiger partial charge is 0.345 e. The lowest BCUT2D eigenvalue weighted by molar-refractivity contribution is 0.0945. The van der Waals surface area contributed by atoms with Gasteiger partial charge in [0.25, 0.3) is 5.91 Å². The summed E-state index contributed by atoms with van der Waals surface area (Å²) in [4.78, 5) is 16.4. The van der Waals surface area contributed by atoms with Gasteiger partial charge in [-0.2, -0.15) is 5.10 Å². The van der Waals surface area contributed by atoms with E-state index in [1.54, 1.807) is 24.6 Å². The molecule has 1 saturated carbocycles. The van der Waals surface area contributed by atoms with E-state index >= 15 is 0 Å². The Hall–Kier alpha value is -1.40. The van der Waals surface area contributed by atoms with Crippen molar-refractivity contribution in [2.24, 2.45) is 7.05 Å². The van der Waals surface area contributed by atoms with Crippen molar-refractivity contribution < 1.29 is 4.79 Å². The third kappa shape index (κ3) is 2.79. The highest BCUT2D eigenvalue weighted by Gasteiger charge is 2.26. The van der Waals surface area contributed by atoms with Gasteiger partial charge in [0, 0.05) is 24.5 Å². The zero-order valence-electron chi connectivity index (χ0n) is 10.4. The minimum absolute atomic E-state index is 0.252. The summed E-state index contributed by atoms with van der Waals surface area (Å²) in [5.74, 6) is 0.381. The van der Waals surface area contributed by atoms with Crippen molar-refractivity contribution in [3.05, 3.63) is 33.0 Å². The van der Waals surface area contributed by atoms with E-state index in [1.807, 2.05) is 5.38 Å². The molecule has 0 bridgehead atoms. The van der Waals surface area contributed by atoms with Gasteiger partial charge >= 0.3 is 0 Å². The number of aromatic nitrogens is 3. The minimum Gasteiger partial charge on any atom is -0.345 e. The number of rotatable bonds is 4. The smallest absolute Gasteiger partial charge is 0.273 e. The topological polar surface area (TPSA) is 59.8 Å². The molecule has 19 heavy (non-hydrogen) atoms. The zero-order chi connectivity index (χ0) is 13.4. The molecule has 2 aromatic heterocycles. The van der Waals surface area contributed by atoms with Crippen molar-refractivity contribution in [1.29, 1.82) is 0 Å². The first-order valence-electron chi connectivity index (χ1n) is 6.05. The molecule has 0 aliphatic heterocycles. The van der Waals surface area contributed by atoms with Gasteiger partial charge in [-0.25, -0.2) is 4.98 Å². The number of amides is 1. The van der Waals surface area contributed by atoms with Crippen LogP contribution in [0.15, 0.2) is 11.6 Å². The van der Waals surface area contributed by atoms with Gasteiger partial charge in [-0.05, 0) is 12.8 Å². The predicted molar refractivity (Wildman–Crippen MR) is 73.5 cm³/mol. The summed E-state index contributed by atoms with van der Waals surface area (Å²) in [5, 5.41) is 10.3. The fourth-order valence-corrected chi connectivity index (χ4v) is 3.05. The van der Waals surface area contributed by atoms with Gasteiger partial charge < -0.3 is 5.32 Å². The van der Waals surface area contributed by atoms with Crippen LogP contribution >= 0.6 is 22.9 Å². The van der Waals surface area contributed by atoms with Crippen LogP contribution in [0.5, 0.6) is 0 Å². The van der Waals surface area contributed by atoms with E-state index in [9.17, 15) is 4.79 Å². The van der Waals surface area contributed by atoms with Gasteiger partial charge in [-0.3, -0.25) is 9.48 Å². The number of nitrogens with zero attached hydrogens (tertiary/aromatic N) is 3. The second-order valence-corrected chi connectivity index (χ2v) is 5.93. The molecule has 0 atom stereocenters. The Morgan fingerprint density at radius 1 is 1.63 bits per heavy atom. The van der Waals surface area contributed by atoms with E-state index in [2.05, 4.69) is 15.4 Å². The maximum atomic E-state index is 11.9. The van der Waals surface area contributed by atoms with E-state index < -0.39 is 0 Å². The first-order chi connectivity index (χ1) is 9.13. The normalized spacial score (nSPS) is 14.6. The molecule has 0 radical (unpaired) electrons. The van der Waals surface area contributed by atoms with Crippen molar-refractivity contribution in [3.63, 3.8) is 0 Å². The molecule has 0 saturated heterocycles. The minimum atomic E-state index is -0.272. The van der Waals surface area contributed by atoms with Gasteiger partial charge in [-0.15, -0.1) is 11.3 Å². The van der Waals surface area contributed by atoms with Gasteiger partial charge in [0.15, 0.2) is 5.69 Å². The third-order valence-electron chi connectivity index (χ3n) is 2.93. The lowest BCUT2D eigenvalue weighted by Crippen LogP contribution is -2.23. The first kappa shape index (κ1) is 12.6. The Labute approximate surface area is 119 Å². The van der Waals surface area contributed by atoms with E-state index in [-0.39, 0.29) is 11.6 Å². The zero-order valence-corrected chi connectivity index (χ0v) is 12.0. The molecule has 0 unspecified atom stereocenters. The first-order valence-corrected chi connectivity index (χ1v) is 7.31. The fourth-order valence-electron chi connectivity index (χ4n) is 1.79. The molecule has 2 aromatic rings. The lowest BCUT2D eigenvalue weighted by Gasteiger charge is -2.00. The fraction of sp³-hybridized carbons (Fsp3) is 0.417. The Morgan fingerprint density at radius 2 is 2.42 bits per heavy atom. The molecule has 3 rings (SSSR count). The van der Waals surface area contributed by atoms with Crippen LogP contribution in [0.4, 0.5) is 0 Å². The predicted octanol–water partition coefficient (Wildman–Crippen LogP) is 2.34. The highest BCUT2D eigenvalue weighted by atomic mass is 35.5. The molecule has 0 spiro atoms. The molecule has 7 heteroatoms. The van der Waals surface area contributed by atoms with Crippen molar-refractivity contribution in [2.45, 2.75) is 25.3 Å². The van der Waals surface area contributed by atoms with Gasteiger partial charge in [0.1, 0.15) is 0 Å². The molecule has 0 aromatic carbocycles. The average Bonchev–Trinajstić information content (AvgIpc) is 3.02. The monoisotopic (exact) mass is 296 g/mol. The standard InChI is InChI=1S/C12H13ClN4OS/c1-17-5-9(13)10(16-17)11(18)14-4-8-6-19-12(15-8)7-2-3-7/h5-7H,2-4H2,1H3,(H,14,18). The van der Waals surface area contributed by atoms with Crippen LogP contribution in [0.25, 0.3) is 0 Å². The molecular formula is C12H13ClN4OS. The number of carbonyl (C=O) groups is 1. The third-order valence-corrected chi connectivity index (χ3v) is 4.26. The van der Waals surface area contributed by atoms with Gasteiger partial charge in [0.2, 0.25) is 0 Å². The SMILES string of the molecule is Cn1cc(Cl)c(C(=O)NCc2csc(C3CC3)n2)n1.